The van der Waals surface area contributed by atoms with Crippen LogP contribution < -0.4 is 0 Å². The van der Waals surface area contributed by atoms with E-state index >= 15 is 0 Å². The molecule has 0 aromatic heterocycles. The maximum absolute atomic E-state index is 12.8. The number of Topliss-reactive ketones (excluding diaryl/α,β-unsaturated/α-hetero) is 1. The summed E-state index contributed by atoms with van der Waals surface area (Å²) in [4.78, 5) is 37.7. The third-order valence-corrected chi connectivity index (χ3v) is 4.39. The Kier molecular flexibility index (Phi) is 2.57. The summed E-state index contributed by atoms with van der Waals surface area (Å²) in [6, 6.07) is 7.98. The average molecular weight is 292 g/mol. The number of aromatic hydroxyl groups is 1. The number of fused-ring (bicyclic) bond motifs is 4. The van der Waals surface area contributed by atoms with Crippen molar-refractivity contribution in [2.24, 2.45) is 0 Å². The number of hydrogen-bond acceptors (Lipinski definition) is 4. The molecule has 2 aromatic carbocycles. The van der Waals surface area contributed by atoms with E-state index in [0.717, 1.165) is 0 Å². The number of carbonyl (C=O) groups excluding carboxylic acids is 3. The van der Waals surface area contributed by atoms with E-state index in [2.05, 4.69) is 0 Å². The summed E-state index contributed by atoms with van der Waals surface area (Å²) < 4.78 is 0. The normalized spacial score (nSPS) is 16.1. The standard InChI is InChI=1S/C18H12O4/c19-12-7-3-4-9-8-13(20)15-16(14(9)12)18(22)11-6-2-1-5-10(11)17(15)21/h1-2,5-6,8,20H,3-4,7H2. The van der Waals surface area contributed by atoms with E-state index in [1.165, 1.54) is 6.07 Å². The molecule has 0 heterocycles. The molecular formula is C18H12O4. The van der Waals surface area contributed by atoms with Crippen molar-refractivity contribution in [2.45, 2.75) is 19.3 Å². The zero-order chi connectivity index (χ0) is 15.4. The van der Waals surface area contributed by atoms with Crippen molar-refractivity contribution < 1.29 is 19.5 Å². The molecule has 0 amide bonds. The van der Waals surface area contributed by atoms with Crippen LogP contribution >= 0.6 is 0 Å². The molecule has 0 aliphatic heterocycles. The van der Waals surface area contributed by atoms with Gasteiger partial charge in [0.15, 0.2) is 17.3 Å². The van der Waals surface area contributed by atoms with Crippen molar-refractivity contribution in [3.8, 4) is 5.75 Å². The van der Waals surface area contributed by atoms with Crippen LogP contribution in [0.1, 0.15) is 60.6 Å². The van der Waals surface area contributed by atoms with E-state index in [4.69, 9.17) is 0 Å². The molecular weight excluding hydrogens is 280 g/mol. The van der Waals surface area contributed by atoms with Gasteiger partial charge in [0.25, 0.3) is 0 Å². The number of ketones is 3. The highest BCUT2D eigenvalue weighted by Crippen LogP contribution is 2.39. The van der Waals surface area contributed by atoms with Gasteiger partial charge in [-0.2, -0.15) is 0 Å². The molecule has 0 bridgehead atoms. The monoisotopic (exact) mass is 292 g/mol. The molecule has 4 rings (SSSR count). The van der Waals surface area contributed by atoms with Crippen LogP contribution in [0.25, 0.3) is 0 Å². The highest BCUT2D eigenvalue weighted by atomic mass is 16.3. The van der Waals surface area contributed by atoms with Crippen LogP contribution in [0.15, 0.2) is 30.3 Å². The van der Waals surface area contributed by atoms with Gasteiger partial charge >= 0.3 is 0 Å². The number of benzene rings is 2. The predicted octanol–water partition coefficient (Wildman–Crippen LogP) is 2.69. The fourth-order valence-corrected chi connectivity index (χ4v) is 3.41. The Balaban J connectivity index is 2.11. The highest BCUT2D eigenvalue weighted by Gasteiger charge is 2.37. The average Bonchev–Trinajstić information content (AvgIpc) is 2.52. The molecule has 22 heavy (non-hydrogen) atoms. The maximum atomic E-state index is 12.8. The fraction of sp³-hybridized carbons (Fsp3) is 0.167. The number of hydrogen-bond donors (Lipinski definition) is 1. The number of phenols is 1. The van der Waals surface area contributed by atoms with Crippen molar-refractivity contribution in [3.05, 3.63) is 63.7 Å². The molecule has 0 saturated carbocycles. The van der Waals surface area contributed by atoms with Crippen molar-refractivity contribution in [2.75, 3.05) is 0 Å². The molecule has 2 aliphatic rings. The summed E-state index contributed by atoms with van der Waals surface area (Å²) in [5.74, 6) is -1.09. The van der Waals surface area contributed by atoms with Crippen molar-refractivity contribution in [1.82, 2.24) is 0 Å². The first-order chi connectivity index (χ1) is 10.6. The summed E-state index contributed by atoms with van der Waals surface area (Å²) in [5.41, 5.74) is 1.62. The van der Waals surface area contributed by atoms with Gasteiger partial charge in [0, 0.05) is 28.7 Å². The second-order valence-corrected chi connectivity index (χ2v) is 5.66. The summed E-state index contributed by atoms with van der Waals surface area (Å²) >= 11 is 0. The van der Waals surface area contributed by atoms with Gasteiger partial charge in [-0.1, -0.05) is 24.3 Å². The van der Waals surface area contributed by atoms with Crippen LogP contribution in [0.4, 0.5) is 0 Å². The van der Waals surface area contributed by atoms with Gasteiger partial charge in [0.2, 0.25) is 0 Å². The molecule has 0 saturated heterocycles. The Labute approximate surface area is 126 Å². The van der Waals surface area contributed by atoms with E-state index < -0.39 is 5.78 Å². The van der Waals surface area contributed by atoms with Gasteiger partial charge in [-0.25, -0.2) is 0 Å². The first-order valence-corrected chi connectivity index (χ1v) is 7.20. The van der Waals surface area contributed by atoms with Gasteiger partial charge in [0.1, 0.15) is 5.75 Å². The number of rotatable bonds is 0. The van der Waals surface area contributed by atoms with E-state index in [1.54, 1.807) is 24.3 Å². The van der Waals surface area contributed by atoms with Gasteiger partial charge in [-0.3, -0.25) is 14.4 Å². The zero-order valence-electron chi connectivity index (χ0n) is 11.7. The topological polar surface area (TPSA) is 71.4 Å². The Bertz CT molecular complexity index is 877. The van der Waals surface area contributed by atoms with Crippen LogP contribution in [0, 0.1) is 0 Å². The van der Waals surface area contributed by atoms with Gasteiger partial charge < -0.3 is 5.11 Å². The Morgan fingerprint density at radius 2 is 1.45 bits per heavy atom. The fourth-order valence-electron chi connectivity index (χ4n) is 3.41. The molecule has 4 nitrogen and oxygen atoms in total. The lowest BCUT2D eigenvalue weighted by Crippen LogP contribution is -2.26. The predicted molar refractivity (Wildman–Crippen MR) is 78.7 cm³/mol. The molecule has 4 heteroatoms. The number of carbonyl (C=O) groups is 3. The smallest absolute Gasteiger partial charge is 0.198 e. The SMILES string of the molecule is O=C1c2ccccc2C(=O)c2c1c(O)cc1c2C(=O)CCC1. The minimum atomic E-state index is -0.399. The number of phenolic OH excluding ortho intramolecular Hbond substituents is 1. The van der Waals surface area contributed by atoms with Crippen molar-refractivity contribution in [3.63, 3.8) is 0 Å². The maximum Gasteiger partial charge on any atom is 0.198 e. The minimum Gasteiger partial charge on any atom is -0.507 e. The van der Waals surface area contributed by atoms with Gasteiger partial charge in [0.05, 0.1) is 5.56 Å². The summed E-state index contributed by atoms with van der Waals surface area (Å²) in [7, 11) is 0. The second-order valence-electron chi connectivity index (χ2n) is 5.66. The molecule has 2 aromatic rings. The Morgan fingerprint density at radius 1 is 0.818 bits per heavy atom. The third kappa shape index (κ3) is 1.55. The number of aryl methyl sites for hydroxylation is 1. The first-order valence-electron chi connectivity index (χ1n) is 7.20. The van der Waals surface area contributed by atoms with Crippen LogP contribution in [-0.4, -0.2) is 22.5 Å². The molecule has 0 radical (unpaired) electrons. The van der Waals surface area contributed by atoms with E-state index in [1.807, 2.05) is 0 Å². The van der Waals surface area contributed by atoms with E-state index in [9.17, 15) is 19.5 Å². The minimum absolute atomic E-state index is 0.0299. The zero-order valence-corrected chi connectivity index (χ0v) is 11.7. The van der Waals surface area contributed by atoms with Crippen molar-refractivity contribution in [1.29, 1.82) is 0 Å². The molecule has 2 aliphatic carbocycles. The molecule has 0 fully saturated rings. The lowest BCUT2D eigenvalue weighted by atomic mass is 9.76. The first kappa shape index (κ1) is 13.0. The third-order valence-electron chi connectivity index (χ3n) is 4.39. The molecule has 108 valence electrons. The lowest BCUT2D eigenvalue weighted by Gasteiger charge is -2.24. The van der Waals surface area contributed by atoms with Gasteiger partial charge in [-0.05, 0) is 24.5 Å². The summed E-state index contributed by atoms with van der Waals surface area (Å²) in [6.45, 7) is 0. The summed E-state index contributed by atoms with van der Waals surface area (Å²) in [5, 5.41) is 10.2. The quantitative estimate of drug-likeness (QED) is 0.691. The Hall–Kier alpha value is -2.75. The second kappa shape index (κ2) is 4.37. The highest BCUT2D eigenvalue weighted by molar-refractivity contribution is 6.32. The summed E-state index contributed by atoms with van der Waals surface area (Å²) in [6.07, 6.45) is 1.70. The molecule has 0 spiro atoms. The largest absolute Gasteiger partial charge is 0.507 e. The van der Waals surface area contributed by atoms with E-state index in [-0.39, 0.29) is 34.0 Å². The lowest BCUT2D eigenvalue weighted by molar-refractivity contribution is 0.0948. The molecule has 0 unspecified atom stereocenters. The van der Waals surface area contributed by atoms with Crippen LogP contribution in [0.5, 0.6) is 5.75 Å². The van der Waals surface area contributed by atoms with Crippen LogP contribution in [0.2, 0.25) is 0 Å². The van der Waals surface area contributed by atoms with Crippen LogP contribution in [-0.2, 0) is 6.42 Å². The Morgan fingerprint density at radius 3 is 2.14 bits per heavy atom. The van der Waals surface area contributed by atoms with E-state index in [0.29, 0.717) is 36.0 Å². The van der Waals surface area contributed by atoms with Gasteiger partial charge in [-0.15, -0.1) is 0 Å². The van der Waals surface area contributed by atoms with Crippen molar-refractivity contribution >= 4 is 17.3 Å². The molecule has 0 atom stereocenters. The molecule has 1 N–H and O–H groups in total. The van der Waals surface area contributed by atoms with Crippen LogP contribution in [0.3, 0.4) is 0 Å².